The van der Waals surface area contributed by atoms with Crippen LogP contribution in [0.25, 0.3) is 0 Å². The zero-order valence-electron chi connectivity index (χ0n) is 16.5. The molecule has 0 saturated carbocycles. The van der Waals surface area contributed by atoms with Crippen LogP contribution in [0, 0.1) is 28.4 Å². The molecule has 1 aliphatic carbocycles. The summed E-state index contributed by atoms with van der Waals surface area (Å²) in [4.78, 5) is 25.6. The van der Waals surface area contributed by atoms with E-state index in [1.54, 1.807) is 17.0 Å². The number of nitro benzene ring substituents is 1. The molecule has 150 valence electrons. The lowest BCUT2D eigenvalue weighted by Crippen LogP contribution is -2.38. The molecule has 0 fully saturated rings. The van der Waals surface area contributed by atoms with Gasteiger partial charge in [-0.1, -0.05) is 24.3 Å². The number of ketones is 1. The van der Waals surface area contributed by atoms with Crippen molar-refractivity contribution >= 4 is 17.2 Å². The van der Waals surface area contributed by atoms with E-state index < -0.39 is 10.8 Å². The van der Waals surface area contributed by atoms with Crippen molar-refractivity contribution in [2.75, 3.05) is 4.90 Å². The fraction of sp³-hybridized carbons (Fsp3) is 0.217. The van der Waals surface area contributed by atoms with Crippen molar-refractivity contribution in [2.45, 2.75) is 32.1 Å². The molecule has 2 N–H and O–H groups in total. The Morgan fingerprint density at radius 3 is 2.67 bits per heavy atom. The quantitative estimate of drug-likeness (QED) is 0.610. The number of hydrogen-bond acceptors (Lipinski definition) is 6. The fourth-order valence-corrected chi connectivity index (χ4v) is 4.30. The first kappa shape index (κ1) is 19.4. The minimum atomic E-state index is -0.709. The van der Waals surface area contributed by atoms with E-state index in [4.69, 9.17) is 5.73 Å². The zero-order chi connectivity index (χ0) is 21.4. The minimum absolute atomic E-state index is 0.0503. The molecule has 2 aromatic rings. The van der Waals surface area contributed by atoms with Gasteiger partial charge >= 0.3 is 0 Å². The van der Waals surface area contributed by atoms with E-state index in [9.17, 15) is 20.2 Å². The number of Topliss-reactive ketones (excluding diaryl/α,β-unsaturated/α-hetero) is 1. The molecule has 1 heterocycles. The maximum absolute atomic E-state index is 13.1. The molecule has 4 rings (SSSR count). The smallest absolute Gasteiger partial charge is 0.269 e. The van der Waals surface area contributed by atoms with Crippen LogP contribution in [0.3, 0.4) is 0 Å². The van der Waals surface area contributed by atoms with Gasteiger partial charge in [0.05, 0.1) is 22.5 Å². The molecule has 0 amide bonds. The van der Waals surface area contributed by atoms with Gasteiger partial charge in [-0.15, -0.1) is 0 Å². The van der Waals surface area contributed by atoms with Crippen LogP contribution in [-0.4, -0.2) is 10.7 Å². The second-order valence-corrected chi connectivity index (χ2v) is 7.51. The number of allylic oxidation sites excluding steroid dienone is 3. The van der Waals surface area contributed by atoms with Gasteiger partial charge in [0, 0.05) is 35.5 Å². The first-order valence-electron chi connectivity index (χ1n) is 9.69. The van der Waals surface area contributed by atoms with Crippen molar-refractivity contribution < 1.29 is 9.72 Å². The van der Waals surface area contributed by atoms with Crippen molar-refractivity contribution in [1.82, 2.24) is 0 Å². The summed E-state index contributed by atoms with van der Waals surface area (Å²) in [5.41, 5.74) is 10.3. The van der Waals surface area contributed by atoms with Crippen LogP contribution in [0.15, 0.2) is 71.2 Å². The largest absolute Gasteiger partial charge is 0.384 e. The highest BCUT2D eigenvalue weighted by molar-refractivity contribution is 6.01. The van der Waals surface area contributed by atoms with E-state index in [2.05, 4.69) is 6.07 Å². The number of carbonyl (C=O) groups excluding carboxylic acids is 1. The maximum atomic E-state index is 13.1. The van der Waals surface area contributed by atoms with Crippen LogP contribution in [-0.2, 0) is 4.79 Å². The normalized spacial score (nSPS) is 18.9. The van der Waals surface area contributed by atoms with Gasteiger partial charge in [0.2, 0.25) is 0 Å². The van der Waals surface area contributed by atoms with Crippen molar-refractivity contribution in [3.8, 4) is 6.07 Å². The van der Waals surface area contributed by atoms with Gasteiger partial charge in [-0.3, -0.25) is 19.8 Å². The number of nitrogens with two attached hydrogens (primary N) is 1. The van der Waals surface area contributed by atoms with Gasteiger partial charge in [-0.05, 0) is 43.0 Å². The Bertz CT molecular complexity index is 1170. The molecule has 0 aromatic heterocycles. The topological polar surface area (TPSA) is 113 Å². The summed E-state index contributed by atoms with van der Waals surface area (Å²) in [6.07, 6.45) is 1.71. The highest BCUT2D eigenvalue weighted by Crippen LogP contribution is 2.46. The average molecular weight is 400 g/mol. The van der Waals surface area contributed by atoms with Gasteiger partial charge in [0.15, 0.2) is 5.78 Å². The number of nitro groups is 1. The van der Waals surface area contributed by atoms with Crippen molar-refractivity contribution in [3.63, 3.8) is 0 Å². The first-order chi connectivity index (χ1) is 14.4. The molecular formula is C23H20N4O3. The molecule has 1 aliphatic heterocycles. The summed E-state index contributed by atoms with van der Waals surface area (Å²) in [6.45, 7) is 1.96. The second-order valence-electron chi connectivity index (χ2n) is 7.51. The Labute approximate surface area is 173 Å². The molecule has 0 unspecified atom stereocenters. The van der Waals surface area contributed by atoms with Gasteiger partial charge in [-0.2, -0.15) is 5.26 Å². The Balaban J connectivity index is 1.97. The zero-order valence-corrected chi connectivity index (χ0v) is 16.5. The summed E-state index contributed by atoms with van der Waals surface area (Å²) >= 11 is 0. The summed E-state index contributed by atoms with van der Waals surface area (Å²) in [5, 5.41) is 21.3. The van der Waals surface area contributed by atoms with E-state index >= 15 is 0 Å². The van der Waals surface area contributed by atoms with Crippen LogP contribution < -0.4 is 10.6 Å². The van der Waals surface area contributed by atoms with Crippen molar-refractivity contribution in [2.24, 2.45) is 5.73 Å². The lowest BCUT2D eigenvalue weighted by Gasteiger charge is -2.39. The average Bonchev–Trinajstić information content (AvgIpc) is 2.73. The van der Waals surface area contributed by atoms with E-state index in [-0.39, 0.29) is 22.9 Å². The van der Waals surface area contributed by atoms with E-state index in [0.717, 1.165) is 16.9 Å². The number of hydrogen-bond donors (Lipinski definition) is 1. The molecule has 0 bridgehead atoms. The summed E-state index contributed by atoms with van der Waals surface area (Å²) in [5.74, 6) is -0.502. The highest BCUT2D eigenvalue weighted by Gasteiger charge is 2.40. The SMILES string of the molecule is Cc1cccc(N2C(N)=C(C#N)[C@H](c3cccc([N+](=O)[O-])c3)C3=C2CCCC3=O)c1. The Morgan fingerprint density at radius 1 is 1.20 bits per heavy atom. The van der Waals surface area contributed by atoms with Gasteiger partial charge in [0.1, 0.15) is 5.82 Å². The maximum Gasteiger partial charge on any atom is 0.269 e. The lowest BCUT2D eigenvalue weighted by molar-refractivity contribution is -0.384. The number of aryl methyl sites for hydroxylation is 1. The number of nitriles is 1. The number of non-ortho nitro benzene ring substituents is 1. The van der Waals surface area contributed by atoms with E-state index in [1.807, 2.05) is 31.2 Å². The minimum Gasteiger partial charge on any atom is -0.384 e. The predicted molar refractivity (Wildman–Crippen MR) is 112 cm³/mol. The molecule has 0 saturated heterocycles. The van der Waals surface area contributed by atoms with Crippen LogP contribution in [0.4, 0.5) is 11.4 Å². The van der Waals surface area contributed by atoms with Crippen LogP contribution in [0.2, 0.25) is 0 Å². The molecule has 30 heavy (non-hydrogen) atoms. The Hall–Kier alpha value is -3.92. The standard InChI is InChI=1S/C23H20N4O3/c1-14-5-2-7-16(11-14)26-19-9-4-10-20(28)22(19)21(18(13-24)23(26)25)15-6-3-8-17(12-15)27(29)30/h2-3,5-8,11-12,21H,4,9-10,25H2,1H3/t21-/m0/s1. The summed E-state index contributed by atoms with van der Waals surface area (Å²) in [6, 6.07) is 16.0. The molecule has 2 aromatic carbocycles. The Morgan fingerprint density at radius 2 is 1.97 bits per heavy atom. The first-order valence-corrected chi connectivity index (χ1v) is 9.69. The fourth-order valence-electron chi connectivity index (χ4n) is 4.30. The van der Waals surface area contributed by atoms with Crippen molar-refractivity contribution in [3.05, 3.63) is 92.4 Å². The summed E-state index contributed by atoms with van der Waals surface area (Å²) in [7, 11) is 0. The third-order valence-corrected chi connectivity index (χ3v) is 5.59. The van der Waals surface area contributed by atoms with E-state index in [1.165, 1.54) is 12.1 Å². The molecule has 0 spiro atoms. The third-order valence-electron chi connectivity index (χ3n) is 5.59. The number of carbonyl (C=O) groups is 1. The monoisotopic (exact) mass is 400 g/mol. The number of benzene rings is 2. The number of anilines is 1. The second kappa shape index (κ2) is 7.48. The van der Waals surface area contributed by atoms with Crippen LogP contribution in [0.1, 0.15) is 36.3 Å². The molecule has 7 heteroatoms. The number of rotatable bonds is 3. The Kier molecular flexibility index (Phi) is 4.84. The van der Waals surface area contributed by atoms with E-state index in [0.29, 0.717) is 30.4 Å². The van der Waals surface area contributed by atoms with Crippen molar-refractivity contribution in [1.29, 1.82) is 5.26 Å². The lowest BCUT2D eigenvalue weighted by atomic mass is 9.75. The van der Waals surface area contributed by atoms with Gasteiger partial charge in [-0.25, -0.2) is 0 Å². The molecule has 2 aliphatic rings. The van der Waals surface area contributed by atoms with Crippen LogP contribution >= 0.6 is 0 Å². The highest BCUT2D eigenvalue weighted by atomic mass is 16.6. The molecule has 1 atom stereocenters. The molecule has 0 radical (unpaired) electrons. The predicted octanol–water partition coefficient (Wildman–Crippen LogP) is 4.21. The molecular weight excluding hydrogens is 380 g/mol. The summed E-state index contributed by atoms with van der Waals surface area (Å²) < 4.78 is 0. The number of nitrogens with zero attached hydrogens (tertiary/aromatic N) is 3. The van der Waals surface area contributed by atoms with Gasteiger partial charge in [0.25, 0.3) is 5.69 Å². The van der Waals surface area contributed by atoms with Crippen LogP contribution in [0.5, 0.6) is 0 Å². The third kappa shape index (κ3) is 3.12. The van der Waals surface area contributed by atoms with Gasteiger partial charge < -0.3 is 5.73 Å². The molecule has 7 nitrogen and oxygen atoms in total.